The number of nitrogens with one attached hydrogen (secondary N) is 1. The van der Waals surface area contributed by atoms with Crippen LogP contribution in [0.3, 0.4) is 0 Å². The minimum atomic E-state index is -3.49. The molecule has 0 saturated heterocycles. The summed E-state index contributed by atoms with van der Waals surface area (Å²) in [6.45, 7) is 0. The first-order valence-electron chi connectivity index (χ1n) is 6.77. The van der Waals surface area contributed by atoms with Crippen molar-refractivity contribution >= 4 is 27.1 Å². The maximum Gasteiger partial charge on any atom is 0.255 e. The molecule has 0 atom stereocenters. The molecule has 0 aliphatic carbocycles. The largest absolute Gasteiger partial charge is 0.378 e. The molecule has 0 aromatic heterocycles. The van der Waals surface area contributed by atoms with Gasteiger partial charge >= 0.3 is 0 Å². The lowest BCUT2D eigenvalue weighted by Gasteiger charge is -2.14. The average Bonchev–Trinajstić information content (AvgIpc) is 2.48. The summed E-state index contributed by atoms with van der Waals surface area (Å²) in [4.78, 5) is 14.0. The van der Waals surface area contributed by atoms with E-state index in [9.17, 15) is 17.6 Å². The maximum atomic E-state index is 13.8. The van der Waals surface area contributed by atoms with Gasteiger partial charge in [0.05, 0.1) is 10.6 Å². The second-order valence-electron chi connectivity index (χ2n) is 5.31. The molecule has 1 N–H and O–H groups in total. The Hall–Kier alpha value is -2.41. The van der Waals surface area contributed by atoms with Crippen molar-refractivity contribution in [3.8, 4) is 0 Å². The predicted molar refractivity (Wildman–Crippen MR) is 88.2 cm³/mol. The van der Waals surface area contributed by atoms with E-state index in [4.69, 9.17) is 0 Å². The first-order chi connectivity index (χ1) is 10.7. The zero-order valence-corrected chi connectivity index (χ0v) is 13.8. The summed E-state index contributed by atoms with van der Waals surface area (Å²) in [6.07, 6.45) is 1.02. The van der Waals surface area contributed by atoms with Gasteiger partial charge in [0.25, 0.3) is 5.91 Å². The third kappa shape index (κ3) is 4.07. The Kier molecular flexibility index (Phi) is 4.70. The van der Waals surface area contributed by atoms with Crippen molar-refractivity contribution in [2.75, 3.05) is 30.6 Å². The van der Waals surface area contributed by atoms with Crippen molar-refractivity contribution < 1.29 is 17.6 Å². The summed E-state index contributed by atoms with van der Waals surface area (Å²) in [7, 11) is 0.194. The van der Waals surface area contributed by atoms with Crippen LogP contribution in [-0.4, -0.2) is 34.7 Å². The lowest BCUT2D eigenvalue weighted by Crippen LogP contribution is -2.15. The van der Waals surface area contributed by atoms with Crippen LogP contribution < -0.4 is 10.2 Å². The molecule has 0 unspecified atom stereocenters. The Morgan fingerprint density at radius 1 is 1.13 bits per heavy atom. The molecule has 2 aromatic rings. The van der Waals surface area contributed by atoms with E-state index in [0.717, 1.165) is 30.1 Å². The quantitative estimate of drug-likeness (QED) is 0.872. The van der Waals surface area contributed by atoms with Crippen molar-refractivity contribution in [2.45, 2.75) is 4.90 Å². The molecular formula is C16H17FN2O3S. The highest BCUT2D eigenvalue weighted by Gasteiger charge is 2.14. The van der Waals surface area contributed by atoms with Gasteiger partial charge in [0.1, 0.15) is 5.82 Å². The van der Waals surface area contributed by atoms with Crippen LogP contribution in [0, 0.1) is 5.82 Å². The van der Waals surface area contributed by atoms with Crippen LogP contribution in [0.4, 0.5) is 15.8 Å². The molecule has 0 aliphatic rings. The van der Waals surface area contributed by atoms with Gasteiger partial charge < -0.3 is 10.2 Å². The SMILES string of the molecule is CN(C)c1cccc(C(=O)Nc2cc(S(C)(=O)=O)ccc2F)c1. The minimum Gasteiger partial charge on any atom is -0.378 e. The zero-order valence-electron chi connectivity index (χ0n) is 13.0. The average molecular weight is 336 g/mol. The molecule has 1 amide bonds. The standard InChI is InChI=1S/C16H17FN2O3S/c1-19(2)12-6-4-5-11(9-12)16(20)18-15-10-13(23(3,21)22)7-8-14(15)17/h4-10H,1-3H3,(H,18,20). The Morgan fingerprint density at radius 2 is 1.83 bits per heavy atom. The second kappa shape index (κ2) is 6.37. The Balaban J connectivity index is 2.32. The van der Waals surface area contributed by atoms with Crippen molar-refractivity contribution in [3.63, 3.8) is 0 Å². The van der Waals surface area contributed by atoms with Crippen molar-refractivity contribution in [1.29, 1.82) is 0 Å². The van der Waals surface area contributed by atoms with Gasteiger partial charge in [0, 0.05) is 31.6 Å². The first kappa shape index (κ1) is 17.0. The fourth-order valence-electron chi connectivity index (χ4n) is 1.95. The summed E-state index contributed by atoms with van der Waals surface area (Å²) in [5, 5.41) is 2.41. The van der Waals surface area contributed by atoms with Gasteiger partial charge in [-0.05, 0) is 36.4 Å². The molecule has 0 spiro atoms. The van der Waals surface area contributed by atoms with Gasteiger partial charge in [-0.1, -0.05) is 6.07 Å². The van der Waals surface area contributed by atoms with Gasteiger partial charge in [0.15, 0.2) is 9.84 Å². The van der Waals surface area contributed by atoms with Crippen LogP contribution in [0.5, 0.6) is 0 Å². The lowest BCUT2D eigenvalue weighted by atomic mass is 10.1. The van der Waals surface area contributed by atoms with Gasteiger partial charge in [-0.3, -0.25) is 4.79 Å². The van der Waals surface area contributed by atoms with Crippen molar-refractivity contribution in [1.82, 2.24) is 0 Å². The summed E-state index contributed by atoms with van der Waals surface area (Å²) >= 11 is 0. The Bertz CT molecular complexity index is 848. The molecule has 0 radical (unpaired) electrons. The van der Waals surface area contributed by atoms with E-state index >= 15 is 0 Å². The highest BCUT2D eigenvalue weighted by Crippen LogP contribution is 2.21. The molecule has 2 rings (SSSR count). The molecule has 5 nitrogen and oxygen atoms in total. The van der Waals surface area contributed by atoms with Crippen LogP contribution >= 0.6 is 0 Å². The monoisotopic (exact) mass is 336 g/mol. The number of amides is 1. The first-order valence-corrected chi connectivity index (χ1v) is 8.66. The van der Waals surface area contributed by atoms with E-state index in [1.807, 2.05) is 25.1 Å². The molecule has 0 bridgehead atoms. The smallest absolute Gasteiger partial charge is 0.255 e. The molecule has 0 fully saturated rings. The molecule has 23 heavy (non-hydrogen) atoms. The van der Waals surface area contributed by atoms with Gasteiger partial charge in [-0.2, -0.15) is 0 Å². The molecule has 0 heterocycles. The number of benzene rings is 2. The number of sulfone groups is 1. The molecule has 2 aromatic carbocycles. The second-order valence-corrected chi connectivity index (χ2v) is 7.33. The fourth-order valence-corrected chi connectivity index (χ4v) is 2.60. The lowest BCUT2D eigenvalue weighted by molar-refractivity contribution is 0.102. The summed E-state index contributed by atoms with van der Waals surface area (Å²) in [6, 6.07) is 10.1. The van der Waals surface area contributed by atoms with Crippen LogP contribution in [0.2, 0.25) is 0 Å². The molecule has 7 heteroatoms. The number of carbonyl (C=O) groups excluding carboxylic acids is 1. The third-order valence-electron chi connectivity index (χ3n) is 3.24. The van der Waals surface area contributed by atoms with Crippen LogP contribution in [0.25, 0.3) is 0 Å². The van der Waals surface area contributed by atoms with Gasteiger partial charge in [-0.15, -0.1) is 0 Å². The molecular weight excluding hydrogens is 319 g/mol. The number of anilines is 2. The normalized spacial score (nSPS) is 11.1. The number of nitrogens with zero attached hydrogens (tertiary/aromatic N) is 1. The van der Waals surface area contributed by atoms with Gasteiger partial charge in [-0.25, -0.2) is 12.8 Å². The highest BCUT2D eigenvalue weighted by molar-refractivity contribution is 7.90. The van der Waals surface area contributed by atoms with Crippen molar-refractivity contribution in [2.24, 2.45) is 0 Å². The van der Waals surface area contributed by atoms with Gasteiger partial charge in [0.2, 0.25) is 0 Å². The number of carbonyl (C=O) groups is 1. The van der Waals surface area contributed by atoms with Crippen LogP contribution in [0.1, 0.15) is 10.4 Å². The topological polar surface area (TPSA) is 66.5 Å². The van der Waals surface area contributed by atoms with E-state index in [1.54, 1.807) is 18.2 Å². The molecule has 0 saturated carbocycles. The summed E-state index contributed by atoms with van der Waals surface area (Å²) in [5.74, 6) is -1.22. The van der Waals surface area contributed by atoms with E-state index in [0.29, 0.717) is 5.56 Å². The number of rotatable bonds is 4. The number of hydrogen-bond acceptors (Lipinski definition) is 4. The highest BCUT2D eigenvalue weighted by atomic mass is 32.2. The number of hydrogen-bond donors (Lipinski definition) is 1. The summed E-state index contributed by atoms with van der Waals surface area (Å²) in [5.41, 5.74) is 0.997. The van der Waals surface area contributed by atoms with E-state index in [-0.39, 0.29) is 10.6 Å². The van der Waals surface area contributed by atoms with E-state index in [1.165, 1.54) is 0 Å². The molecule has 122 valence electrons. The zero-order chi connectivity index (χ0) is 17.2. The number of halogens is 1. The summed E-state index contributed by atoms with van der Waals surface area (Å²) < 4.78 is 36.9. The fraction of sp³-hybridized carbons (Fsp3) is 0.188. The van der Waals surface area contributed by atoms with E-state index < -0.39 is 21.6 Å². The van der Waals surface area contributed by atoms with E-state index in [2.05, 4.69) is 5.32 Å². The third-order valence-corrected chi connectivity index (χ3v) is 4.35. The predicted octanol–water partition coefficient (Wildman–Crippen LogP) is 2.55. The van der Waals surface area contributed by atoms with Crippen LogP contribution in [0.15, 0.2) is 47.4 Å². The Morgan fingerprint density at radius 3 is 2.43 bits per heavy atom. The maximum absolute atomic E-state index is 13.8. The molecule has 0 aliphatic heterocycles. The van der Waals surface area contributed by atoms with Crippen LogP contribution in [-0.2, 0) is 9.84 Å². The van der Waals surface area contributed by atoms with Crippen molar-refractivity contribution in [3.05, 3.63) is 53.8 Å². The minimum absolute atomic E-state index is 0.0590. The Labute approximate surface area is 134 Å².